The van der Waals surface area contributed by atoms with E-state index in [1.165, 1.54) is 161 Å². The molecule has 54 heavy (non-hydrogen) atoms. The minimum atomic E-state index is -0.760. The number of rotatable bonds is 43. The molecule has 0 radical (unpaired) electrons. The van der Waals surface area contributed by atoms with Crippen LogP contribution in [0.15, 0.2) is 12.2 Å². The Labute approximate surface area is 335 Å². The zero-order chi connectivity index (χ0) is 39.4. The molecule has 6 nitrogen and oxygen atoms in total. The molecule has 318 valence electrons. The van der Waals surface area contributed by atoms with Gasteiger partial charge in [-0.1, -0.05) is 206 Å². The summed E-state index contributed by atoms with van der Waals surface area (Å²) in [6, 6.07) is 0. The average molecular weight is 763 g/mol. The number of ether oxygens (including phenoxy) is 3. The van der Waals surface area contributed by atoms with Gasteiger partial charge in [0.25, 0.3) is 0 Å². The highest BCUT2D eigenvalue weighted by molar-refractivity contribution is 5.71. The average Bonchev–Trinajstić information content (AvgIpc) is 3.17. The number of unbranched alkanes of at least 4 members (excludes halogenated alkanes) is 30. The van der Waals surface area contributed by atoms with E-state index in [0.29, 0.717) is 19.3 Å². The Kier molecular flexibility index (Phi) is 42.4. The van der Waals surface area contributed by atoms with Gasteiger partial charge in [-0.2, -0.15) is 0 Å². The summed E-state index contributed by atoms with van der Waals surface area (Å²) in [6.45, 7) is 6.58. The van der Waals surface area contributed by atoms with E-state index < -0.39 is 6.10 Å². The van der Waals surface area contributed by atoms with Crippen LogP contribution >= 0.6 is 0 Å². The smallest absolute Gasteiger partial charge is 0.306 e. The maximum atomic E-state index is 12.6. The van der Waals surface area contributed by atoms with Crippen LogP contribution in [0, 0.1) is 0 Å². The Morgan fingerprint density at radius 1 is 0.352 bits per heavy atom. The third-order valence-corrected chi connectivity index (χ3v) is 10.5. The maximum Gasteiger partial charge on any atom is 0.306 e. The predicted octanol–water partition coefficient (Wildman–Crippen LogP) is 15.0. The topological polar surface area (TPSA) is 78.9 Å². The molecular weight excluding hydrogens is 673 g/mol. The van der Waals surface area contributed by atoms with Crippen molar-refractivity contribution < 1.29 is 28.6 Å². The number of hydrogen-bond donors (Lipinski definition) is 0. The molecule has 1 unspecified atom stereocenters. The Bertz CT molecular complexity index is 839. The molecule has 0 amide bonds. The van der Waals surface area contributed by atoms with Gasteiger partial charge in [0, 0.05) is 19.3 Å². The lowest BCUT2D eigenvalue weighted by molar-refractivity contribution is -0.167. The Hall–Kier alpha value is -1.85. The molecule has 0 aliphatic carbocycles. The lowest BCUT2D eigenvalue weighted by Gasteiger charge is -2.18. The minimum absolute atomic E-state index is 0.0676. The SMILES string of the molecule is CCCCCCCCCC/C=C\CCCCCCCCCCCC(=O)OCC(COC(=O)CCCCCCCCC)OC(=O)CCCCCCCCCC. The van der Waals surface area contributed by atoms with Crippen LogP contribution in [0.2, 0.25) is 0 Å². The van der Waals surface area contributed by atoms with Crippen molar-refractivity contribution in [1.82, 2.24) is 0 Å². The summed E-state index contributed by atoms with van der Waals surface area (Å²) in [5.41, 5.74) is 0. The van der Waals surface area contributed by atoms with E-state index in [1.807, 2.05) is 0 Å². The lowest BCUT2D eigenvalue weighted by atomic mass is 10.1. The number of carbonyl (C=O) groups excluding carboxylic acids is 3. The number of allylic oxidation sites excluding steroid dienone is 2. The number of esters is 3. The van der Waals surface area contributed by atoms with Gasteiger partial charge in [0.2, 0.25) is 0 Å². The van der Waals surface area contributed by atoms with Crippen molar-refractivity contribution in [3.63, 3.8) is 0 Å². The summed E-state index contributed by atoms with van der Waals surface area (Å²) in [6.07, 6.45) is 46.5. The fraction of sp³-hybridized carbons (Fsp3) is 0.896. The van der Waals surface area contributed by atoms with Crippen LogP contribution in [0.5, 0.6) is 0 Å². The van der Waals surface area contributed by atoms with Crippen molar-refractivity contribution >= 4 is 17.9 Å². The summed E-state index contributed by atoms with van der Waals surface area (Å²) in [7, 11) is 0. The second-order valence-corrected chi connectivity index (χ2v) is 16.0. The Balaban J connectivity index is 4.09. The van der Waals surface area contributed by atoms with Gasteiger partial charge in [0.1, 0.15) is 13.2 Å². The highest BCUT2D eigenvalue weighted by Crippen LogP contribution is 2.15. The largest absolute Gasteiger partial charge is 0.462 e. The normalized spacial score (nSPS) is 12.0. The molecule has 1 atom stereocenters. The summed E-state index contributed by atoms with van der Waals surface area (Å²) in [4.78, 5) is 37.5. The summed E-state index contributed by atoms with van der Waals surface area (Å²) >= 11 is 0. The van der Waals surface area contributed by atoms with Gasteiger partial charge in [0.05, 0.1) is 0 Å². The Morgan fingerprint density at radius 2 is 0.611 bits per heavy atom. The minimum Gasteiger partial charge on any atom is -0.462 e. The van der Waals surface area contributed by atoms with E-state index in [1.54, 1.807) is 0 Å². The van der Waals surface area contributed by atoms with Gasteiger partial charge in [0.15, 0.2) is 6.10 Å². The van der Waals surface area contributed by atoms with Crippen LogP contribution in [0.25, 0.3) is 0 Å². The molecule has 6 heteroatoms. The predicted molar refractivity (Wildman–Crippen MR) is 229 cm³/mol. The first-order valence-corrected chi connectivity index (χ1v) is 23.7. The van der Waals surface area contributed by atoms with E-state index in [9.17, 15) is 14.4 Å². The highest BCUT2D eigenvalue weighted by atomic mass is 16.6. The number of carbonyl (C=O) groups is 3. The van der Waals surface area contributed by atoms with E-state index in [2.05, 4.69) is 32.9 Å². The molecule has 0 aromatic carbocycles. The molecule has 0 aromatic heterocycles. The van der Waals surface area contributed by atoms with Crippen LogP contribution in [0.3, 0.4) is 0 Å². The monoisotopic (exact) mass is 763 g/mol. The quantitative estimate of drug-likeness (QED) is 0.0266. The molecule has 0 fully saturated rings. The van der Waals surface area contributed by atoms with Crippen molar-refractivity contribution in [2.75, 3.05) is 13.2 Å². The zero-order valence-corrected chi connectivity index (χ0v) is 36.3. The van der Waals surface area contributed by atoms with Crippen molar-refractivity contribution in [2.45, 2.75) is 264 Å². The van der Waals surface area contributed by atoms with Crippen LogP contribution < -0.4 is 0 Å². The van der Waals surface area contributed by atoms with Crippen LogP contribution in [-0.4, -0.2) is 37.2 Å². The number of hydrogen-bond acceptors (Lipinski definition) is 6. The van der Waals surface area contributed by atoms with Gasteiger partial charge < -0.3 is 14.2 Å². The molecule has 0 aliphatic rings. The van der Waals surface area contributed by atoms with Crippen molar-refractivity contribution in [1.29, 1.82) is 0 Å². The molecule has 0 saturated heterocycles. The molecule has 0 N–H and O–H groups in total. The maximum absolute atomic E-state index is 12.6. The molecule has 0 aromatic rings. The fourth-order valence-corrected chi connectivity index (χ4v) is 6.91. The van der Waals surface area contributed by atoms with E-state index in [-0.39, 0.29) is 31.1 Å². The molecule has 0 saturated carbocycles. The second kappa shape index (κ2) is 43.9. The molecule has 0 rings (SSSR count). The summed E-state index contributed by atoms with van der Waals surface area (Å²) in [5.74, 6) is -0.873. The van der Waals surface area contributed by atoms with Gasteiger partial charge in [-0.25, -0.2) is 0 Å². The first-order valence-electron chi connectivity index (χ1n) is 23.7. The summed E-state index contributed by atoms with van der Waals surface area (Å²) < 4.78 is 16.6. The standard InChI is InChI=1S/C48H90O6/c1-4-7-10-13-16-18-19-20-21-22-23-24-25-26-27-28-29-30-33-35-38-41-47(50)53-44-45(43-52-46(49)40-37-34-31-15-12-9-6-3)54-48(51)42-39-36-32-17-14-11-8-5-2/h22-23,45H,4-21,24-44H2,1-3H3/b23-22-. The zero-order valence-electron chi connectivity index (χ0n) is 36.3. The van der Waals surface area contributed by atoms with Crippen LogP contribution in [-0.2, 0) is 28.6 Å². The van der Waals surface area contributed by atoms with Crippen LogP contribution in [0.4, 0.5) is 0 Å². The molecule has 0 aliphatic heterocycles. The molecule has 0 bridgehead atoms. The second-order valence-electron chi connectivity index (χ2n) is 16.0. The van der Waals surface area contributed by atoms with E-state index in [0.717, 1.165) is 57.8 Å². The van der Waals surface area contributed by atoms with Crippen LogP contribution in [0.1, 0.15) is 258 Å². The van der Waals surface area contributed by atoms with Gasteiger partial charge in [-0.05, 0) is 44.9 Å². The van der Waals surface area contributed by atoms with Crippen molar-refractivity contribution in [2.24, 2.45) is 0 Å². The molecule has 0 spiro atoms. The molecule has 0 heterocycles. The Morgan fingerprint density at radius 3 is 0.926 bits per heavy atom. The van der Waals surface area contributed by atoms with Gasteiger partial charge in [-0.3, -0.25) is 14.4 Å². The van der Waals surface area contributed by atoms with Crippen molar-refractivity contribution in [3.05, 3.63) is 12.2 Å². The molecular formula is C48H90O6. The highest BCUT2D eigenvalue weighted by Gasteiger charge is 2.19. The lowest BCUT2D eigenvalue weighted by Crippen LogP contribution is -2.30. The third-order valence-electron chi connectivity index (χ3n) is 10.5. The first kappa shape index (κ1) is 52.2. The van der Waals surface area contributed by atoms with E-state index >= 15 is 0 Å². The third kappa shape index (κ3) is 41.3. The van der Waals surface area contributed by atoms with Crippen molar-refractivity contribution in [3.8, 4) is 0 Å². The fourth-order valence-electron chi connectivity index (χ4n) is 6.91. The summed E-state index contributed by atoms with van der Waals surface area (Å²) in [5, 5.41) is 0. The first-order chi connectivity index (χ1) is 26.5. The van der Waals surface area contributed by atoms with Gasteiger partial charge >= 0.3 is 17.9 Å². The van der Waals surface area contributed by atoms with E-state index in [4.69, 9.17) is 14.2 Å². The van der Waals surface area contributed by atoms with Gasteiger partial charge in [-0.15, -0.1) is 0 Å².